The minimum absolute atomic E-state index is 0.211. The number of anilines is 1. The van der Waals surface area contributed by atoms with Crippen molar-refractivity contribution in [3.8, 4) is 0 Å². The van der Waals surface area contributed by atoms with Crippen LogP contribution in [0, 0.1) is 0 Å². The third kappa shape index (κ3) is 2.78. The second-order valence-electron chi connectivity index (χ2n) is 3.88. The molecule has 0 aliphatic heterocycles. The van der Waals surface area contributed by atoms with Gasteiger partial charge in [0.15, 0.2) is 5.03 Å². The number of sulfonamides is 1. The molecule has 0 atom stereocenters. The largest absolute Gasteiger partial charge is 0.478 e. The molecule has 0 amide bonds. The van der Waals surface area contributed by atoms with Gasteiger partial charge in [-0.05, 0) is 17.7 Å². The van der Waals surface area contributed by atoms with Crippen LogP contribution in [0.15, 0.2) is 35.5 Å². The molecular weight excluding hydrogens is 286 g/mol. The maximum absolute atomic E-state index is 12.1. The van der Waals surface area contributed by atoms with Crippen LogP contribution in [0.1, 0.15) is 15.9 Å². The van der Waals surface area contributed by atoms with E-state index in [1.807, 2.05) is 0 Å². The van der Waals surface area contributed by atoms with Crippen LogP contribution in [0.5, 0.6) is 0 Å². The van der Waals surface area contributed by atoms with Gasteiger partial charge in [-0.3, -0.25) is 9.82 Å². The lowest BCUT2D eigenvalue weighted by atomic mass is 10.2. The highest BCUT2D eigenvalue weighted by atomic mass is 32.2. The fourth-order valence-corrected chi connectivity index (χ4v) is 2.71. The van der Waals surface area contributed by atoms with Crippen molar-refractivity contribution in [2.45, 2.75) is 11.6 Å². The summed E-state index contributed by atoms with van der Waals surface area (Å²) in [4.78, 5) is 10.9. The molecular formula is C11H11N3O5S. The monoisotopic (exact) mass is 297 g/mol. The zero-order chi connectivity index (χ0) is 14.8. The lowest BCUT2D eigenvalue weighted by Crippen LogP contribution is -2.16. The Morgan fingerprint density at radius 3 is 2.80 bits per heavy atom. The summed E-state index contributed by atoms with van der Waals surface area (Å²) in [6.07, 6.45) is 0.918. The molecule has 0 aliphatic rings. The average Bonchev–Trinajstić information content (AvgIpc) is 2.88. The van der Waals surface area contributed by atoms with E-state index < -0.39 is 26.6 Å². The SMILES string of the molecule is O=C(O)c1cn[nH]c1S(=O)(=O)Nc1cccc(CO)c1. The van der Waals surface area contributed by atoms with Crippen molar-refractivity contribution in [2.24, 2.45) is 0 Å². The molecule has 2 rings (SSSR count). The number of hydrogen-bond donors (Lipinski definition) is 4. The van der Waals surface area contributed by atoms with Gasteiger partial charge in [-0.25, -0.2) is 4.79 Å². The van der Waals surface area contributed by atoms with Gasteiger partial charge in [-0.15, -0.1) is 0 Å². The van der Waals surface area contributed by atoms with Crippen LogP contribution in [-0.2, 0) is 16.6 Å². The number of carbonyl (C=O) groups is 1. The van der Waals surface area contributed by atoms with Crippen molar-refractivity contribution in [1.29, 1.82) is 0 Å². The number of aromatic amines is 1. The summed E-state index contributed by atoms with van der Waals surface area (Å²) in [7, 11) is -4.10. The van der Waals surface area contributed by atoms with Gasteiger partial charge in [0.25, 0.3) is 10.0 Å². The van der Waals surface area contributed by atoms with Crippen LogP contribution in [0.4, 0.5) is 5.69 Å². The molecule has 8 nitrogen and oxygen atoms in total. The van der Waals surface area contributed by atoms with E-state index in [0.717, 1.165) is 6.20 Å². The second-order valence-corrected chi connectivity index (χ2v) is 5.50. The first-order chi connectivity index (χ1) is 9.44. The van der Waals surface area contributed by atoms with Gasteiger partial charge in [-0.2, -0.15) is 13.5 Å². The zero-order valence-electron chi connectivity index (χ0n) is 10.1. The van der Waals surface area contributed by atoms with E-state index in [2.05, 4.69) is 14.9 Å². The first-order valence-corrected chi connectivity index (χ1v) is 6.91. The molecule has 0 radical (unpaired) electrons. The lowest BCUT2D eigenvalue weighted by Gasteiger charge is -2.08. The Bertz CT molecular complexity index is 738. The maximum Gasteiger partial charge on any atom is 0.340 e. The van der Waals surface area contributed by atoms with Gasteiger partial charge in [0, 0.05) is 5.69 Å². The normalized spacial score (nSPS) is 11.2. The smallest absolute Gasteiger partial charge is 0.340 e. The van der Waals surface area contributed by atoms with Gasteiger partial charge in [0.2, 0.25) is 0 Å². The molecule has 1 heterocycles. The number of nitrogens with one attached hydrogen (secondary N) is 2. The number of carboxylic acid groups (broad SMARTS) is 1. The first-order valence-electron chi connectivity index (χ1n) is 5.43. The Morgan fingerprint density at radius 1 is 1.40 bits per heavy atom. The van der Waals surface area contributed by atoms with E-state index in [1.165, 1.54) is 12.1 Å². The number of carboxylic acids is 1. The maximum atomic E-state index is 12.1. The van der Waals surface area contributed by atoms with Gasteiger partial charge in [-0.1, -0.05) is 12.1 Å². The predicted octanol–water partition coefficient (Wildman–Crippen LogP) is 0.401. The van der Waals surface area contributed by atoms with Crippen molar-refractivity contribution in [1.82, 2.24) is 10.2 Å². The molecule has 0 spiro atoms. The third-order valence-electron chi connectivity index (χ3n) is 2.47. The molecule has 106 valence electrons. The fraction of sp³-hybridized carbons (Fsp3) is 0.0909. The Kier molecular flexibility index (Phi) is 3.72. The summed E-state index contributed by atoms with van der Waals surface area (Å²) in [6, 6.07) is 6.10. The van der Waals surface area contributed by atoms with Crippen LogP contribution < -0.4 is 4.72 Å². The lowest BCUT2D eigenvalue weighted by molar-refractivity contribution is 0.0692. The minimum atomic E-state index is -4.10. The van der Waals surface area contributed by atoms with Gasteiger partial charge < -0.3 is 10.2 Å². The van der Waals surface area contributed by atoms with Crippen LogP contribution in [-0.4, -0.2) is 34.8 Å². The summed E-state index contributed by atoms with van der Waals surface area (Å²) in [5, 5.41) is 22.9. The molecule has 0 aliphatic carbocycles. The Balaban J connectivity index is 2.35. The van der Waals surface area contributed by atoms with Crippen LogP contribution in [0.25, 0.3) is 0 Å². The topological polar surface area (TPSA) is 132 Å². The Morgan fingerprint density at radius 2 is 2.15 bits per heavy atom. The quantitative estimate of drug-likeness (QED) is 0.631. The predicted molar refractivity (Wildman–Crippen MR) is 68.7 cm³/mol. The van der Waals surface area contributed by atoms with Gasteiger partial charge in [0.1, 0.15) is 5.56 Å². The van der Waals surface area contributed by atoms with Gasteiger partial charge in [0.05, 0.1) is 12.8 Å². The zero-order valence-corrected chi connectivity index (χ0v) is 10.9. The number of aliphatic hydroxyl groups is 1. The van der Waals surface area contributed by atoms with Crippen molar-refractivity contribution in [3.05, 3.63) is 41.6 Å². The summed E-state index contributed by atoms with van der Waals surface area (Å²) in [5.41, 5.74) is 0.284. The summed E-state index contributed by atoms with van der Waals surface area (Å²) >= 11 is 0. The van der Waals surface area contributed by atoms with E-state index in [1.54, 1.807) is 12.1 Å². The van der Waals surface area contributed by atoms with Gasteiger partial charge >= 0.3 is 5.97 Å². The molecule has 4 N–H and O–H groups in total. The molecule has 0 unspecified atom stereocenters. The first kappa shape index (κ1) is 14.0. The van der Waals surface area contributed by atoms with Crippen molar-refractivity contribution in [3.63, 3.8) is 0 Å². The molecule has 9 heteroatoms. The summed E-state index contributed by atoms with van der Waals surface area (Å²) < 4.78 is 26.4. The third-order valence-corrected chi connectivity index (χ3v) is 3.82. The van der Waals surface area contributed by atoms with Crippen molar-refractivity contribution < 1.29 is 23.4 Å². The van der Waals surface area contributed by atoms with E-state index in [9.17, 15) is 13.2 Å². The fourth-order valence-electron chi connectivity index (χ4n) is 1.57. The number of aliphatic hydroxyl groups excluding tert-OH is 1. The number of benzene rings is 1. The van der Waals surface area contributed by atoms with Crippen LogP contribution in [0.3, 0.4) is 0 Å². The van der Waals surface area contributed by atoms with Crippen molar-refractivity contribution in [2.75, 3.05) is 4.72 Å². The molecule has 0 saturated carbocycles. The minimum Gasteiger partial charge on any atom is -0.478 e. The number of aromatic carboxylic acids is 1. The number of rotatable bonds is 5. The Labute approximate surface area is 114 Å². The van der Waals surface area contributed by atoms with Crippen molar-refractivity contribution >= 4 is 21.7 Å². The van der Waals surface area contributed by atoms with E-state index in [4.69, 9.17) is 10.2 Å². The highest BCUT2D eigenvalue weighted by Gasteiger charge is 2.24. The molecule has 1 aromatic carbocycles. The van der Waals surface area contributed by atoms with Crippen LogP contribution >= 0.6 is 0 Å². The molecule has 0 fully saturated rings. The highest BCUT2D eigenvalue weighted by molar-refractivity contribution is 7.92. The number of H-pyrrole nitrogens is 1. The molecule has 1 aromatic heterocycles. The number of nitrogens with zero attached hydrogens (tertiary/aromatic N) is 1. The molecule has 0 saturated heterocycles. The Hall–Kier alpha value is -2.39. The van der Waals surface area contributed by atoms with Crippen LogP contribution in [0.2, 0.25) is 0 Å². The molecule has 2 aromatic rings. The number of hydrogen-bond acceptors (Lipinski definition) is 5. The standard InChI is InChI=1S/C11H11N3O5S/c15-6-7-2-1-3-8(4-7)14-20(18,19)10-9(11(16)17)5-12-13-10/h1-5,14-15H,6H2,(H,12,13)(H,16,17). The summed E-state index contributed by atoms with van der Waals surface area (Å²) in [5.74, 6) is -1.40. The highest BCUT2D eigenvalue weighted by Crippen LogP contribution is 2.18. The average molecular weight is 297 g/mol. The second kappa shape index (κ2) is 5.31. The van der Waals surface area contributed by atoms with E-state index in [-0.39, 0.29) is 12.3 Å². The van der Waals surface area contributed by atoms with E-state index in [0.29, 0.717) is 5.56 Å². The molecule has 0 bridgehead atoms. The number of aromatic nitrogens is 2. The molecule has 20 heavy (non-hydrogen) atoms. The van der Waals surface area contributed by atoms with E-state index >= 15 is 0 Å². The summed E-state index contributed by atoms with van der Waals surface area (Å²) in [6.45, 7) is -0.236.